The molecule has 1 amide bonds. The van der Waals surface area contributed by atoms with Gasteiger partial charge in [-0.05, 0) is 43.0 Å². The van der Waals surface area contributed by atoms with E-state index in [4.69, 9.17) is 14.2 Å². The minimum atomic E-state index is -3.69. The van der Waals surface area contributed by atoms with Crippen molar-refractivity contribution in [2.45, 2.75) is 46.1 Å². The Bertz CT molecular complexity index is 1430. The van der Waals surface area contributed by atoms with Crippen LogP contribution in [0.2, 0.25) is 0 Å². The lowest BCUT2D eigenvalue weighted by Crippen LogP contribution is -2.37. The highest BCUT2D eigenvalue weighted by Gasteiger charge is 2.26. The summed E-state index contributed by atoms with van der Waals surface area (Å²) in [5, 5.41) is 0. The Morgan fingerprint density at radius 1 is 1.00 bits per heavy atom. The number of carbonyl (C=O) groups is 1. The molecule has 0 bridgehead atoms. The van der Waals surface area contributed by atoms with Crippen LogP contribution >= 0.6 is 11.3 Å². The highest BCUT2D eigenvalue weighted by Crippen LogP contribution is 2.33. The molecule has 1 aromatic heterocycles. The number of amides is 1. The molecular formula is C28H39N3O6S2. The highest BCUT2D eigenvalue weighted by molar-refractivity contribution is 7.89. The summed E-state index contributed by atoms with van der Waals surface area (Å²) < 4.78 is 47.4. The Morgan fingerprint density at radius 2 is 1.59 bits per heavy atom. The van der Waals surface area contributed by atoms with E-state index in [1.54, 1.807) is 14.2 Å². The van der Waals surface area contributed by atoms with Crippen LogP contribution in [-0.4, -0.2) is 63.7 Å². The smallest absolute Gasteiger partial charge is 0.279 e. The van der Waals surface area contributed by atoms with E-state index in [0.29, 0.717) is 54.7 Å². The van der Waals surface area contributed by atoms with Gasteiger partial charge in [0.25, 0.3) is 5.91 Å². The molecule has 9 nitrogen and oxygen atoms in total. The third kappa shape index (κ3) is 7.47. The van der Waals surface area contributed by atoms with Crippen molar-refractivity contribution in [3.8, 4) is 11.5 Å². The van der Waals surface area contributed by atoms with E-state index in [0.717, 1.165) is 10.2 Å². The average Bonchev–Trinajstić information content (AvgIpc) is 3.22. The van der Waals surface area contributed by atoms with E-state index in [9.17, 15) is 13.2 Å². The van der Waals surface area contributed by atoms with E-state index in [2.05, 4.69) is 4.99 Å². The van der Waals surface area contributed by atoms with Crippen molar-refractivity contribution in [2.24, 2.45) is 16.8 Å². The third-order valence-electron chi connectivity index (χ3n) is 5.93. The van der Waals surface area contributed by atoms with Crippen molar-refractivity contribution in [1.29, 1.82) is 0 Å². The Balaban J connectivity index is 1.99. The van der Waals surface area contributed by atoms with Crippen LogP contribution in [0, 0.1) is 11.8 Å². The molecule has 214 valence electrons. The van der Waals surface area contributed by atoms with Gasteiger partial charge in [-0.2, -0.15) is 9.30 Å². The normalized spacial score (nSPS) is 12.7. The Hall–Kier alpha value is -2.73. The van der Waals surface area contributed by atoms with Crippen LogP contribution in [0.3, 0.4) is 0 Å². The van der Waals surface area contributed by atoms with Crippen LogP contribution in [-0.2, 0) is 21.3 Å². The van der Waals surface area contributed by atoms with Crippen LogP contribution < -0.4 is 14.3 Å². The number of carbonyl (C=O) groups excluding carboxylic acids is 1. The third-order valence-corrected chi connectivity index (χ3v) is 8.81. The number of sulfonamides is 1. The topological polar surface area (TPSA) is 99.4 Å². The van der Waals surface area contributed by atoms with E-state index >= 15 is 0 Å². The first-order valence-electron chi connectivity index (χ1n) is 13.0. The maximum absolute atomic E-state index is 13.3. The highest BCUT2D eigenvalue weighted by atomic mass is 32.2. The zero-order valence-corrected chi connectivity index (χ0v) is 25.4. The fourth-order valence-corrected chi connectivity index (χ4v) is 6.99. The van der Waals surface area contributed by atoms with Gasteiger partial charge in [0.15, 0.2) is 16.3 Å². The van der Waals surface area contributed by atoms with Gasteiger partial charge >= 0.3 is 0 Å². The number of methoxy groups -OCH3 is 2. The van der Waals surface area contributed by atoms with E-state index < -0.39 is 15.9 Å². The molecule has 0 aliphatic rings. The second-order valence-electron chi connectivity index (χ2n) is 9.96. The molecule has 3 rings (SSSR count). The molecule has 0 unspecified atom stereocenters. The van der Waals surface area contributed by atoms with Gasteiger partial charge in [-0.3, -0.25) is 4.79 Å². The van der Waals surface area contributed by atoms with Crippen LogP contribution in [0.5, 0.6) is 11.5 Å². The monoisotopic (exact) mass is 577 g/mol. The molecule has 0 atom stereocenters. The molecule has 0 N–H and O–H groups in total. The van der Waals surface area contributed by atoms with Crippen molar-refractivity contribution in [3.63, 3.8) is 0 Å². The second kappa shape index (κ2) is 13.6. The number of hydrogen-bond acceptors (Lipinski definition) is 7. The number of aromatic nitrogens is 1. The van der Waals surface area contributed by atoms with Gasteiger partial charge in [0, 0.05) is 43.9 Å². The van der Waals surface area contributed by atoms with E-state index in [1.165, 1.54) is 39.9 Å². The lowest BCUT2D eigenvalue weighted by Gasteiger charge is -2.25. The summed E-state index contributed by atoms with van der Waals surface area (Å²) >= 11 is 1.36. The maximum Gasteiger partial charge on any atom is 0.279 e. The maximum atomic E-state index is 13.3. The van der Waals surface area contributed by atoms with Gasteiger partial charge in [0.2, 0.25) is 10.0 Å². The fraction of sp³-hybridized carbons (Fsp3) is 0.500. The van der Waals surface area contributed by atoms with Crippen molar-refractivity contribution in [2.75, 3.05) is 40.5 Å². The number of rotatable bonds is 13. The first-order valence-corrected chi connectivity index (χ1v) is 15.3. The number of thiazole rings is 1. The Morgan fingerprint density at radius 3 is 2.13 bits per heavy atom. The Kier molecular flexibility index (Phi) is 10.7. The predicted octanol–water partition coefficient (Wildman–Crippen LogP) is 4.80. The molecule has 0 radical (unpaired) electrons. The predicted molar refractivity (Wildman–Crippen MR) is 154 cm³/mol. The lowest BCUT2D eigenvalue weighted by atomic mass is 10.2. The standard InChI is InChI=1S/C28H39N3O6S2/c1-8-37-14-13-31-23-15-24(35-6)25(36-7)16-26(23)38-28(31)29-27(32)21-9-11-22(12-10-21)39(33,34)30(17-19(2)3)18-20(4)5/h9-12,15-16,19-20H,8,13-14,17-18H2,1-7H3. The summed E-state index contributed by atoms with van der Waals surface area (Å²) in [5.41, 5.74) is 1.15. The second-order valence-corrected chi connectivity index (χ2v) is 12.9. The zero-order valence-electron chi connectivity index (χ0n) is 23.8. The molecule has 0 aliphatic carbocycles. The SMILES string of the molecule is CCOCCn1c(=NC(=O)c2ccc(S(=O)(=O)N(CC(C)C)CC(C)C)cc2)sc2cc(OC)c(OC)cc21. The van der Waals surface area contributed by atoms with Crippen LogP contribution in [0.4, 0.5) is 0 Å². The van der Waals surface area contributed by atoms with E-state index in [1.807, 2.05) is 51.3 Å². The minimum absolute atomic E-state index is 0.160. The van der Waals surface area contributed by atoms with Crippen molar-refractivity contribution >= 4 is 37.5 Å². The lowest BCUT2D eigenvalue weighted by molar-refractivity contribution is 0.0996. The molecule has 0 saturated carbocycles. The minimum Gasteiger partial charge on any atom is -0.493 e. The molecule has 0 fully saturated rings. The van der Waals surface area contributed by atoms with Gasteiger partial charge in [-0.25, -0.2) is 8.42 Å². The molecular weight excluding hydrogens is 538 g/mol. The number of hydrogen-bond donors (Lipinski definition) is 0. The summed E-state index contributed by atoms with van der Waals surface area (Å²) in [6, 6.07) is 9.72. The zero-order chi connectivity index (χ0) is 28.7. The number of ether oxygens (including phenoxy) is 3. The summed E-state index contributed by atoms with van der Waals surface area (Å²) in [5.74, 6) is 1.08. The number of nitrogens with zero attached hydrogens (tertiary/aromatic N) is 3. The van der Waals surface area contributed by atoms with Crippen molar-refractivity contribution < 1.29 is 27.4 Å². The molecule has 0 saturated heterocycles. The number of benzene rings is 2. The van der Waals surface area contributed by atoms with Gasteiger partial charge in [0.05, 0.1) is 35.9 Å². The van der Waals surface area contributed by atoms with Crippen molar-refractivity contribution in [3.05, 3.63) is 46.8 Å². The Labute approximate surface area is 235 Å². The van der Waals surface area contributed by atoms with Crippen LogP contribution in [0.1, 0.15) is 45.0 Å². The molecule has 39 heavy (non-hydrogen) atoms. The molecule has 1 heterocycles. The molecule has 0 spiro atoms. The molecule has 11 heteroatoms. The number of fused-ring (bicyclic) bond motifs is 1. The van der Waals surface area contributed by atoms with Gasteiger partial charge in [-0.15, -0.1) is 0 Å². The summed E-state index contributed by atoms with van der Waals surface area (Å²) in [6.45, 7) is 12.3. The molecule has 3 aromatic rings. The van der Waals surface area contributed by atoms with E-state index in [-0.39, 0.29) is 16.7 Å². The summed E-state index contributed by atoms with van der Waals surface area (Å²) in [7, 11) is -0.544. The molecule has 0 aliphatic heterocycles. The van der Waals surface area contributed by atoms with Crippen molar-refractivity contribution in [1.82, 2.24) is 8.87 Å². The van der Waals surface area contributed by atoms with Gasteiger partial charge < -0.3 is 18.8 Å². The summed E-state index contributed by atoms with van der Waals surface area (Å²) in [4.78, 5) is 18.3. The van der Waals surface area contributed by atoms with Gasteiger partial charge in [-0.1, -0.05) is 39.0 Å². The van der Waals surface area contributed by atoms with Crippen LogP contribution in [0.25, 0.3) is 10.2 Å². The quantitative estimate of drug-likeness (QED) is 0.271. The largest absolute Gasteiger partial charge is 0.493 e. The van der Waals surface area contributed by atoms with Gasteiger partial charge in [0.1, 0.15) is 0 Å². The fourth-order valence-electron chi connectivity index (χ4n) is 4.15. The average molecular weight is 578 g/mol. The molecule has 2 aromatic carbocycles. The summed E-state index contributed by atoms with van der Waals surface area (Å²) in [6.07, 6.45) is 0. The first-order chi connectivity index (χ1) is 18.5. The van der Waals surface area contributed by atoms with Crippen LogP contribution in [0.15, 0.2) is 46.3 Å². The first kappa shape index (κ1) is 30.8.